The van der Waals surface area contributed by atoms with Crippen LogP contribution in [-0.2, 0) is 31.5 Å². The van der Waals surface area contributed by atoms with E-state index in [1.54, 1.807) is 0 Å². The van der Waals surface area contributed by atoms with Crippen LogP contribution in [0.2, 0.25) is 0 Å². The highest BCUT2D eigenvalue weighted by molar-refractivity contribution is 7.63. The zero-order chi connectivity index (χ0) is 7.95. The SMILES string of the molecule is O=P1(OP2(=O)OCO2)OCO1. The fourth-order valence-corrected chi connectivity index (χ4v) is 2.78. The van der Waals surface area contributed by atoms with Gasteiger partial charge >= 0.3 is 15.6 Å². The Hall–Kier alpha value is 0.260. The maximum absolute atomic E-state index is 10.9. The molecule has 2 heterocycles. The van der Waals surface area contributed by atoms with Gasteiger partial charge in [0, 0.05) is 0 Å². The third-order valence-corrected chi connectivity index (χ3v) is 4.33. The summed E-state index contributed by atoms with van der Waals surface area (Å²) in [5.41, 5.74) is 0. The van der Waals surface area contributed by atoms with E-state index in [9.17, 15) is 9.13 Å². The van der Waals surface area contributed by atoms with E-state index in [1.165, 1.54) is 0 Å². The molecule has 9 heteroatoms. The lowest BCUT2D eigenvalue weighted by atomic mass is 11.6. The first-order valence-corrected chi connectivity index (χ1v) is 5.54. The molecule has 11 heavy (non-hydrogen) atoms. The maximum atomic E-state index is 10.9. The highest BCUT2D eigenvalue weighted by Crippen LogP contribution is 2.72. The first-order chi connectivity index (χ1) is 5.12. The van der Waals surface area contributed by atoms with Gasteiger partial charge in [-0.15, -0.1) is 0 Å². The normalized spacial score (nSPS) is 32.0. The Morgan fingerprint density at radius 1 is 0.909 bits per heavy atom. The Morgan fingerprint density at radius 3 is 1.45 bits per heavy atom. The van der Waals surface area contributed by atoms with Crippen LogP contribution < -0.4 is 0 Å². The van der Waals surface area contributed by atoms with Gasteiger partial charge in [-0.3, -0.25) is 18.1 Å². The predicted octanol–water partition coefficient (Wildman–Crippen LogP) is 1.23. The third kappa shape index (κ3) is 1.41. The lowest BCUT2D eigenvalue weighted by Gasteiger charge is -2.31. The molecule has 0 aromatic heterocycles. The summed E-state index contributed by atoms with van der Waals surface area (Å²) >= 11 is 0. The molecule has 0 saturated carbocycles. The smallest absolute Gasteiger partial charge is 0.258 e. The minimum absolute atomic E-state index is 0.128. The number of hydrogen-bond acceptors (Lipinski definition) is 7. The van der Waals surface area contributed by atoms with Gasteiger partial charge in [0.25, 0.3) is 0 Å². The predicted molar refractivity (Wildman–Crippen MR) is 30.4 cm³/mol. The summed E-state index contributed by atoms with van der Waals surface area (Å²) in [6.45, 7) is -0.255. The molecule has 0 aromatic rings. The average Bonchev–Trinajstić information content (AvgIpc) is 1.81. The molecule has 0 unspecified atom stereocenters. The molecule has 2 aliphatic heterocycles. The van der Waals surface area contributed by atoms with E-state index < -0.39 is 15.6 Å². The Morgan fingerprint density at radius 2 is 1.27 bits per heavy atom. The van der Waals surface area contributed by atoms with E-state index in [4.69, 9.17) is 0 Å². The number of rotatable bonds is 2. The Labute approximate surface area is 61.8 Å². The van der Waals surface area contributed by atoms with E-state index in [-0.39, 0.29) is 13.6 Å². The molecule has 2 fully saturated rings. The van der Waals surface area contributed by atoms with Crippen LogP contribution in [0.5, 0.6) is 0 Å². The molecule has 2 saturated heterocycles. The molecule has 0 N–H and O–H groups in total. The number of hydrogen-bond donors (Lipinski definition) is 0. The van der Waals surface area contributed by atoms with Gasteiger partial charge in [-0.05, 0) is 0 Å². The van der Waals surface area contributed by atoms with Crippen molar-refractivity contribution < 1.29 is 31.5 Å². The largest absolute Gasteiger partial charge is 0.488 e. The molecule has 0 bridgehead atoms. The van der Waals surface area contributed by atoms with Crippen molar-refractivity contribution in [3.63, 3.8) is 0 Å². The summed E-state index contributed by atoms with van der Waals surface area (Å²) < 4.78 is 43.6. The molecule has 0 atom stereocenters. The second kappa shape index (κ2) is 2.37. The van der Waals surface area contributed by atoms with Crippen molar-refractivity contribution in [2.75, 3.05) is 13.6 Å². The standard InChI is InChI=1S/C2H4O7P2/c3-10(5-1-6-10)9-11(4)7-2-8-11/h1-2H2. The van der Waals surface area contributed by atoms with Crippen molar-refractivity contribution >= 4 is 15.6 Å². The van der Waals surface area contributed by atoms with Crippen LogP contribution in [0.1, 0.15) is 0 Å². The van der Waals surface area contributed by atoms with Crippen molar-refractivity contribution in [2.24, 2.45) is 0 Å². The van der Waals surface area contributed by atoms with Crippen LogP contribution in [0.25, 0.3) is 0 Å². The summed E-state index contributed by atoms with van der Waals surface area (Å²) in [5.74, 6) is 0. The molecule has 7 nitrogen and oxygen atoms in total. The highest BCUT2D eigenvalue weighted by atomic mass is 31.3. The summed E-state index contributed by atoms with van der Waals surface area (Å²) in [6, 6.07) is 0. The number of phosphoric ester groups is 2. The molecule has 0 radical (unpaired) electrons. The molecular formula is C2H4O7P2. The first kappa shape index (κ1) is 7.89. The van der Waals surface area contributed by atoms with Gasteiger partial charge in [0.05, 0.1) is 0 Å². The van der Waals surface area contributed by atoms with Crippen LogP contribution in [0.15, 0.2) is 0 Å². The zero-order valence-corrected chi connectivity index (χ0v) is 6.96. The highest BCUT2D eigenvalue weighted by Gasteiger charge is 2.49. The lowest BCUT2D eigenvalue weighted by molar-refractivity contribution is -0.0602. The van der Waals surface area contributed by atoms with E-state index in [0.29, 0.717) is 0 Å². The van der Waals surface area contributed by atoms with Crippen LogP contribution in [0.3, 0.4) is 0 Å². The van der Waals surface area contributed by atoms with E-state index in [0.717, 1.165) is 0 Å². The van der Waals surface area contributed by atoms with Crippen LogP contribution in [0.4, 0.5) is 0 Å². The topological polar surface area (TPSA) is 80.3 Å². The zero-order valence-electron chi connectivity index (χ0n) is 5.17. The molecule has 2 rings (SSSR count). The molecular weight excluding hydrogens is 198 g/mol. The molecule has 0 aromatic carbocycles. The summed E-state index contributed by atoms with van der Waals surface area (Å²) in [4.78, 5) is 0. The van der Waals surface area contributed by atoms with Crippen molar-refractivity contribution in [1.29, 1.82) is 0 Å². The first-order valence-electron chi connectivity index (χ1n) is 2.62. The van der Waals surface area contributed by atoms with E-state index in [1.807, 2.05) is 0 Å². The third-order valence-electron chi connectivity index (χ3n) is 1.04. The molecule has 64 valence electrons. The molecule has 0 spiro atoms. The fourth-order valence-electron chi connectivity index (χ4n) is 0.494. The van der Waals surface area contributed by atoms with Gasteiger partial charge in [0.2, 0.25) is 0 Å². The summed E-state index contributed by atoms with van der Waals surface area (Å²) in [6.07, 6.45) is 0. The lowest BCUT2D eigenvalue weighted by Crippen LogP contribution is -2.17. The van der Waals surface area contributed by atoms with Gasteiger partial charge in [0.15, 0.2) is 13.6 Å². The Bertz CT molecular complexity index is 217. The van der Waals surface area contributed by atoms with Crippen LogP contribution in [0, 0.1) is 0 Å². The number of phosphoric acid groups is 2. The molecule has 0 aliphatic carbocycles. The molecule has 2 aliphatic rings. The van der Waals surface area contributed by atoms with Crippen molar-refractivity contribution in [2.45, 2.75) is 0 Å². The van der Waals surface area contributed by atoms with Gasteiger partial charge in [-0.1, -0.05) is 0 Å². The second-order valence-corrected chi connectivity index (χ2v) is 5.20. The fraction of sp³-hybridized carbons (Fsp3) is 1.00. The van der Waals surface area contributed by atoms with Crippen molar-refractivity contribution in [3.8, 4) is 0 Å². The minimum atomic E-state index is -3.59. The summed E-state index contributed by atoms with van der Waals surface area (Å²) in [7, 11) is -7.19. The van der Waals surface area contributed by atoms with Gasteiger partial charge < -0.3 is 0 Å². The Balaban J connectivity index is 1.99. The van der Waals surface area contributed by atoms with E-state index in [2.05, 4.69) is 22.4 Å². The summed E-state index contributed by atoms with van der Waals surface area (Å²) in [5, 5.41) is 0. The van der Waals surface area contributed by atoms with Gasteiger partial charge in [-0.2, -0.15) is 4.31 Å². The van der Waals surface area contributed by atoms with Crippen molar-refractivity contribution in [1.82, 2.24) is 0 Å². The second-order valence-electron chi connectivity index (χ2n) is 1.73. The van der Waals surface area contributed by atoms with Crippen molar-refractivity contribution in [3.05, 3.63) is 0 Å². The average molecular weight is 202 g/mol. The quantitative estimate of drug-likeness (QED) is 0.622. The van der Waals surface area contributed by atoms with E-state index >= 15 is 0 Å². The molecule has 0 amide bonds. The van der Waals surface area contributed by atoms with Crippen LogP contribution in [-0.4, -0.2) is 13.6 Å². The van der Waals surface area contributed by atoms with Gasteiger partial charge in [-0.25, -0.2) is 9.13 Å². The monoisotopic (exact) mass is 202 g/mol. The minimum Gasteiger partial charge on any atom is -0.258 e. The Kier molecular flexibility index (Phi) is 1.70. The van der Waals surface area contributed by atoms with Crippen LogP contribution >= 0.6 is 15.6 Å². The maximum Gasteiger partial charge on any atom is 0.488 e. The van der Waals surface area contributed by atoms with Gasteiger partial charge in [0.1, 0.15) is 0 Å².